The van der Waals surface area contributed by atoms with Gasteiger partial charge in [0.15, 0.2) is 5.16 Å². The van der Waals surface area contributed by atoms with Gasteiger partial charge in [0.1, 0.15) is 5.82 Å². The SMILES string of the molecule is CCn1c(Cc2ccccc2)nnc1SCC(=O)N[C@@H]1CCCc2ccccc21. The summed E-state index contributed by atoms with van der Waals surface area (Å²) in [7, 11) is 0. The highest BCUT2D eigenvalue weighted by molar-refractivity contribution is 7.99. The molecule has 0 saturated heterocycles. The van der Waals surface area contributed by atoms with Crippen LogP contribution in [0.5, 0.6) is 0 Å². The second-order valence-electron chi connectivity index (χ2n) is 7.31. The summed E-state index contributed by atoms with van der Waals surface area (Å²) < 4.78 is 2.10. The number of fused-ring (bicyclic) bond motifs is 1. The number of carbonyl (C=O) groups excluding carboxylic acids is 1. The second kappa shape index (κ2) is 9.27. The molecule has 0 spiro atoms. The summed E-state index contributed by atoms with van der Waals surface area (Å²) in [6.45, 7) is 2.87. The lowest BCUT2D eigenvalue weighted by atomic mass is 9.88. The predicted octanol–water partition coefficient (Wildman–Crippen LogP) is 4.17. The van der Waals surface area contributed by atoms with Crippen LogP contribution in [-0.4, -0.2) is 26.4 Å². The zero-order chi connectivity index (χ0) is 20.1. The van der Waals surface area contributed by atoms with Crippen molar-refractivity contribution < 1.29 is 4.79 Å². The quantitative estimate of drug-likeness (QED) is 0.598. The number of hydrogen-bond donors (Lipinski definition) is 1. The zero-order valence-corrected chi connectivity index (χ0v) is 17.5. The van der Waals surface area contributed by atoms with E-state index in [1.54, 1.807) is 0 Å². The minimum absolute atomic E-state index is 0.0481. The van der Waals surface area contributed by atoms with Gasteiger partial charge in [-0.25, -0.2) is 0 Å². The molecule has 150 valence electrons. The molecule has 0 aliphatic heterocycles. The van der Waals surface area contributed by atoms with Gasteiger partial charge in [0.05, 0.1) is 11.8 Å². The number of thioether (sulfide) groups is 1. The Kier molecular flexibility index (Phi) is 6.30. The molecule has 0 bridgehead atoms. The van der Waals surface area contributed by atoms with Gasteiger partial charge in [-0.1, -0.05) is 66.4 Å². The number of hydrogen-bond acceptors (Lipinski definition) is 4. The molecule has 5 nitrogen and oxygen atoms in total. The van der Waals surface area contributed by atoms with Gasteiger partial charge in [0.2, 0.25) is 5.91 Å². The van der Waals surface area contributed by atoms with E-state index in [4.69, 9.17) is 0 Å². The van der Waals surface area contributed by atoms with Gasteiger partial charge < -0.3 is 9.88 Å². The van der Waals surface area contributed by atoms with E-state index in [9.17, 15) is 4.79 Å². The molecule has 0 fully saturated rings. The summed E-state index contributed by atoms with van der Waals surface area (Å²) in [5.74, 6) is 1.33. The van der Waals surface area contributed by atoms with E-state index >= 15 is 0 Å². The molecule has 0 radical (unpaired) electrons. The van der Waals surface area contributed by atoms with Crippen molar-refractivity contribution in [1.29, 1.82) is 0 Å². The minimum atomic E-state index is 0.0481. The Morgan fingerprint density at radius 3 is 2.76 bits per heavy atom. The number of amides is 1. The maximum Gasteiger partial charge on any atom is 0.230 e. The van der Waals surface area contributed by atoms with E-state index in [1.165, 1.54) is 28.5 Å². The standard InChI is InChI=1S/C23H26N4OS/c1-2-27-21(15-17-9-4-3-5-10-17)25-26-23(27)29-16-22(28)24-20-14-8-12-18-11-6-7-13-19(18)20/h3-7,9-11,13,20H,2,8,12,14-16H2,1H3,(H,24,28)/t20-/m1/s1. The summed E-state index contributed by atoms with van der Waals surface area (Å²) in [5.41, 5.74) is 3.83. The Labute approximate surface area is 175 Å². The van der Waals surface area contributed by atoms with Crippen LogP contribution in [0.4, 0.5) is 0 Å². The average molecular weight is 407 g/mol. The lowest BCUT2D eigenvalue weighted by Gasteiger charge is -2.26. The minimum Gasteiger partial charge on any atom is -0.349 e. The summed E-state index contributed by atoms with van der Waals surface area (Å²) >= 11 is 1.46. The summed E-state index contributed by atoms with van der Waals surface area (Å²) in [6.07, 6.45) is 3.95. The third kappa shape index (κ3) is 4.70. The molecule has 3 aromatic rings. The van der Waals surface area contributed by atoms with E-state index in [-0.39, 0.29) is 11.9 Å². The molecular weight excluding hydrogens is 380 g/mol. The largest absolute Gasteiger partial charge is 0.349 e. The molecule has 4 rings (SSSR count). The van der Waals surface area contributed by atoms with E-state index < -0.39 is 0 Å². The van der Waals surface area contributed by atoms with E-state index in [2.05, 4.69) is 63.4 Å². The first-order valence-corrected chi connectivity index (χ1v) is 11.2. The number of nitrogens with zero attached hydrogens (tertiary/aromatic N) is 3. The number of aromatic nitrogens is 3. The zero-order valence-electron chi connectivity index (χ0n) is 16.7. The van der Waals surface area contributed by atoms with Crippen LogP contribution in [0.2, 0.25) is 0 Å². The van der Waals surface area contributed by atoms with Gasteiger partial charge in [-0.3, -0.25) is 4.79 Å². The monoisotopic (exact) mass is 406 g/mol. The van der Waals surface area contributed by atoms with Crippen molar-refractivity contribution in [2.75, 3.05) is 5.75 Å². The fraction of sp³-hybridized carbons (Fsp3) is 0.348. The van der Waals surface area contributed by atoms with Crippen molar-refractivity contribution in [1.82, 2.24) is 20.1 Å². The van der Waals surface area contributed by atoms with Crippen molar-refractivity contribution in [3.8, 4) is 0 Å². The topological polar surface area (TPSA) is 59.8 Å². The van der Waals surface area contributed by atoms with E-state index in [0.717, 1.165) is 43.2 Å². The smallest absolute Gasteiger partial charge is 0.230 e. The van der Waals surface area contributed by atoms with Crippen molar-refractivity contribution >= 4 is 17.7 Å². The van der Waals surface area contributed by atoms with Crippen LogP contribution in [0.25, 0.3) is 0 Å². The molecule has 2 aromatic carbocycles. The van der Waals surface area contributed by atoms with Gasteiger partial charge in [-0.05, 0) is 42.9 Å². The Bertz CT molecular complexity index is 970. The fourth-order valence-electron chi connectivity index (χ4n) is 3.92. The molecule has 1 atom stereocenters. The number of nitrogens with one attached hydrogen (secondary N) is 1. The Balaban J connectivity index is 1.37. The molecule has 1 N–H and O–H groups in total. The van der Waals surface area contributed by atoms with Gasteiger partial charge in [-0.2, -0.15) is 0 Å². The highest BCUT2D eigenvalue weighted by Crippen LogP contribution is 2.29. The molecule has 0 unspecified atom stereocenters. The summed E-state index contributed by atoms with van der Waals surface area (Å²) in [5, 5.41) is 12.7. The van der Waals surface area contributed by atoms with Crippen molar-refractivity contribution in [3.05, 3.63) is 77.1 Å². The Hall–Kier alpha value is -2.60. The molecule has 1 aliphatic rings. The van der Waals surface area contributed by atoms with E-state index in [1.807, 2.05) is 18.2 Å². The van der Waals surface area contributed by atoms with Crippen LogP contribution in [0, 0.1) is 0 Å². The van der Waals surface area contributed by atoms with Crippen LogP contribution in [0.3, 0.4) is 0 Å². The van der Waals surface area contributed by atoms with Gasteiger partial charge >= 0.3 is 0 Å². The Morgan fingerprint density at radius 1 is 1.14 bits per heavy atom. The molecule has 29 heavy (non-hydrogen) atoms. The number of aryl methyl sites for hydroxylation is 1. The highest BCUT2D eigenvalue weighted by atomic mass is 32.2. The first-order chi connectivity index (χ1) is 14.2. The maximum atomic E-state index is 12.6. The molecule has 1 aliphatic carbocycles. The molecular formula is C23H26N4OS. The predicted molar refractivity (Wildman–Crippen MR) is 116 cm³/mol. The number of benzene rings is 2. The summed E-state index contributed by atoms with van der Waals surface area (Å²) in [6, 6.07) is 18.8. The molecule has 0 saturated carbocycles. The molecule has 6 heteroatoms. The van der Waals surface area contributed by atoms with Gasteiger partial charge in [-0.15, -0.1) is 10.2 Å². The van der Waals surface area contributed by atoms with Crippen LogP contribution in [0.1, 0.15) is 48.3 Å². The van der Waals surface area contributed by atoms with Crippen LogP contribution >= 0.6 is 11.8 Å². The average Bonchev–Trinajstić information content (AvgIpc) is 3.14. The fourth-order valence-corrected chi connectivity index (χ4v) is 4.76. The highest BCUT2D eigenvalue weighted by Gasteiger charge is 2.22. The van der Waals surface area contributed by atoms with E-state index in [0.29, 0.717) is 5.75 Å². The van der Waals surface area contributed by atoms with Crippen molar-refractivity contribution in [2.24, 2.45) is 0 Å². The third-order valence-electron chi connectivity index (χ3n) is 5.35. The lowest BCUT2D eigenvalue weighted by Crippen LogP contribution is -2.32. The van der Waals surface area contributed by atoms with Gasteiger partial charge in [0.25, 0.3) is 0 Å². The number of carbonyl (C=O) groups is 1. The lowest BCUT2D eigenvalue weighted by molar-refractivity contribution is -0.119. The van der Waals surface area contributed by atoms with Crippen LogP contribution in [-0.2, 0) is 24.2 Å². The number of rotatable bonds is 7. The first-order valence-electron chi connectivity index (χ1n) is 10.2. The maximum absolute atomic E-state index is 12.6. The van der Waals surface area contributed by atoms with Gasteiger partial charge in [0, 0.05) is 13.0 Å². The molecule has 1 heterocycles. The first kappa shape index (κ1) is 19.7. The second-order valence-corrected chi connectivity index (χ2v) is 8.25. The van der Waals surface area contributed by atoms with Crippen LogP contribution in [0.15, 0.2) is 59.8 Å². The molecule has 1 aromatic heterocycles. The van der Waals surface area contributed by atoms with Crippen molar-refractivity contribution in [2.45, 2.75) is 50.4 Å². The summed E-state index contributed by atoms with van der Waals surface area (Å²) in [4.78, 5) is 12.6. The van der Waals surface area contributed by atoms with Crippen molar-refractivity contribution in [3.63, 3.8) is 0 Å². The normalized spacial score (nSPS) is 15.7. The molecule has 1 amide bonds. The third-order valence-corrected chi connectivity index (χ3v) is 6.32. The van der Waals surface area contributed by atoms with Crippen LogP contribution < -0.4 is 5.32 Å². The Morgan fingerprint density at radius 2 is 1.93 bits per heavy atom.